The Balaban J connectivity index is 2.13. The van der Waals surface area contributed by atoms with Gasteiger partial charge in [-0.3, -0.25) is 0 Å². The monoisotopic (exact) mass is 320 g/mol. The summed E-state index contributed by atoms with van der Waals surface area (Å²) in [4.78, 5) is 6.26. The van der Waals surface area contributed by atoms with Gasteiger partial charge < -0.3 is 4.90 Å². The van der Waals surface area contributed by atoms with Crippen LogP contribution in [0.25, 0.3) is 0 Å². The average molecular weight is 321 g/mol. The molecule has 0 saturated carbocycles. The minimum atomic E-state index is -0.294. The lowest BCUT2D eigenvalue weighted by molar-refractivity contribution is 0.575. The standard InChI is InChI=1S/C15H14BrFN2/c1-10-6-7-11-4-2-3-5-14(11)19(10)15-13(17)8-12(16)9-18-15/h2-5,8-10H,6-7H2,1H3. The van der Waals surface area contributed by atoms with E-state index in [1.165, 1.54) is 11.6 Å². The van der Waals surface area contributed by atoms with Crippen molar-refractivity contribution >= 4 is 27.4 Å². The van der Waals surface area contributed by atoms with Crippen molar-refractivity contribution in [3.63, 3.8) is 0 Å². The summed E-state index contributed by atoms with van der Waals surface area (Å²) in [6, 6.07) is 9.86. The molecule has 0 radical (unpaired) electrons. The van der Waals surface area contributed by atoms with Crippen LogP contribution in [0.4, 0.5) is 15.9 Å². The van der Waals surface area contributed by atoms with Crippen LogP contribution in [-0.2, 0) is 6.42 Å². The molecular formula is C15H14BrFN2. The molecular weight excluding hydrogens is 307 g/mol. The molecule has 1 unspecified atom stereocenters. The average Bonchev–Trinajstić information content (AvgIpc) is 2.40. The van der Waals surface area contributed by atoms with Crippen molar-refractivity contribution < 1.29 is 4.39 Å². The maximum absolute atomic E-state index is 14.2. The Labute approximate surface area is 120 Å². The summed E-state index contributed by atoms with van der Waals surface area (Å²) in [6.45, 7) is 2.11. The predicted molar refractivity (Wildman–Crippen MR) is 78.3 cm³/mol. The topological polar surface area (TPSA) is 16.1 Å². The number of halogens is 2. The SMILES string of the molecule is CC1CCc2ccccc2N1c1ncc(Br)cc1F. The molecule has 1 aromatic heterocycles. The van der Waals surface area contributed by atoms with E-state index in [0.717, 1.165) is 18.5 Å². The molecule has 1 aliphatic rings. The third kappa shape index (κ3) is 2.25. The number of aromatic nitrogens is 1. The van der Waals surface area contributed by atoms with Crippen molar-refractivity contribution in [1.29, 1.82) is 0 Å². The first-order valence-electron chi connectivity index (χ1n) is 6.35. The van der Waals surface area contributed by atoms with E-state index in [0.29, 0.717) is 10.3 Å². The van der Waals surface area contributed by atoms with Crippen LogP contribution in [0.3, 0.4) is 0 Å². The number of fused-ring (bicyclic) bond motifs is 1. The van der Waals surface area contributed by atoms with E-state index in [4.69, 9.17) is 0 Å². The molecule has 2 nitrogen and oxygen atoms in total. The molecule has 1 atom stereocenters. The van der Waals surface area contributed by atoms with E-state index in [1.807, 2.05) is 23.1 Å². The number of para-hydroxylation sites is 1. The first-order valence-corrected chi connectivity index (χ1v) is 7.14. The summed E-state index contributed by atoms with van der Waals surface area (Å²) in [5.41, 5.74) is 2.32. The molecule has 3 rings (SSSR count). The van der Waals surface area contributed by atoms with Gasteiger partial charge in [-0.2, -0.15) is 0 Å². The van der Waals surface area contributed by atoms with E-state index in [2.05, 4.69) is 33.9 Å². The Morgan fingerprint density at radius 3 is 2.95 bits per heavy atom. The third-order valence-electron chi connectivity index (χ3n) is 3.54. The quantitative estimate of drug-likeness (QED) is 0.771. The van der Waals surface area contributed by atoms with Gasteiger partial charge in [0.15, 0.2) is 11.6 Å². The van der Waals surface area contributed by atoms with Gasteiger partial charge in [0.25, 0.3) is 0 Å². The van der Waals surface area contributed by atoms with Crippen molar-refractivity contribution in [3.8, 4) is 0 Å². The maximum atomic E-state index is 14.2. The first kappa shape index (κ1) is 12.6. The molecule has 2 aromatic rings. The number of benzene rings is 1. The van der Waals surface area contributed by atoms with Gasteiger partial charge in [0.1, 0.15) is 0 Å². The Morgan fingerprint density at radius 1 is 1.37 bits per heavy atom. The van der Waals surface area contributed by atoms with Crippen LogP contribution in [0.15, 0.2) is 41.0 Å². The van der Waals surface area contributed by atoms with E-state index in [1.54, 1.807) is 6.20 Å². The molecule has 98 valence electrons. The number of anilines is 2. The Morgan fingerprint density at radius 2 is 2.16 bits per heavy atom. The minimum Gasteiger partial charge on any atom is -0.321 e. The zero-order valence-corrected chi connectivity index (χ0v) is 12.2. The number of hydrogen-bond donors (Lipinski definition) is 0. The number of pyridine rings is 1. The highest BCUT2D eigenvalue weighted by molar-refractivity contribution is 9.10. The molecule has 0 N–H and O–H groups in total. The van der Waals surface area contributed by atoms with Gasteiger partial charge in [-0.1, -0.05) is 18.2 Å². The van der Waals surface area contributed by atoms with Gasteiger partial charge in [-0.25, -0.2) is 9.37 Å². The summed E-state index contributed by atoms with van der Waals surface area (Å²) in [5, 5.41) is 0. The summed E-state index contributed by atoms with van der Waals surface area (Å²) in [5.74, 6) is 0.112. The Bertz CT molecular complexity index is 615. The van der Waals surface area contributed by atoms with E-state index in [9.17, 15) is 4.39 Å². The molecule has 0 saturated heterocycles. The van der Waals surface area contributed by atoms with Gasteiger partial charge in [0.05, 0.1) is 0 Å². The Hall–Kier alpha value is -1.42. The highest BCUT2D eigenvalue weighted by Crippen LogP contribution is 2.37. The minimum absolute atomic E-state index is 0.248. The van der Waals surface area contributed by atoms with Crippen molar-refractivity contribution in [2.45, 2.75) is 25.8 Å². The van der Waals surface area contributed by atoms with Crippen LogP contribution < -0.4 is 4.90 Å². The van der Waals surface area contributed by atoms with E-state index < -0.39 is 0 Å². The molecule has 19 heavy (non-hydrogen) atoms. The van der Waals surface area contributed by atoms with Gasteiger partial charge >= 0.3 is 0 Å². The lowest BCUT2D eigenvalue weighted by Crippen LogP contribution is -2.34. The molecule has 0 aliphatic carbocycles. The predicted octanol–water partition coefficient (Wildman–Crippen LogP) is 4.46. The summed E-state index contributed by atoms with van der Waals surface area (Å²) < 4.78 is 14.8. The molecule has 4 heteroatoms. The van der Waals surface area contributed by atoms with Crippen LogP contribution in [-0.4, -0.2) is 11.0 Å². The van der Waals surface area contributed by atoms with Gasteiger partial charge in [-0.15, -0.1) is 0 Å². The Kier molecular flexibility index (Phi) is 3.27. The highest BCUT2D eigenvalue weighted by atomic mass is 79.9. The van der Waals surface area contributed by atoms with Gasteiger partial charge in [0.2, 0.25) is 0 Å². The fourth-order valence-corrected chi connectivity index (χ4v) is 2.90. The summed E-state index contributed by atoms with van der Waals surface area (Å²) in [6.07, 6.45) is 3.68. The summed E-state index contributed by atoms with van der Waals surface area (Å²) >= 11 is 3.25. The lowest BCUT2D eigenvalue weighted by atomic mass is 9.96. The third-order valence-corrected chi connectivity index (χ3v) is 3.97. The zero-order valence-electron chi connectivity index (χ0n) is 10.6. The molecule has 1 aromatic carbocycles. The number of hydrogen-bond acceptors (Lipinski definition) is 2. The maximum Gasteiger partial charge on any atom is 0.169 e. The second-order valence-electron chi connectivity index (χ2n) is 4.85. The molecule has 1 aliphatic heterocycles. The number of nitrogens with zero attached hydrogens (tertiary/aromatic N) is 2. The highest BCUT2D eigenvalue weighted by Gasteiger charge is 2.26. The number of aryl methyl sites for hydroxylation is 1. The lowest BCUT2D eigenvalue weighted by Gasteiger charge is -2.36. The fourth-order valence-electron chi connectivity index (χ4n) is 2.60. The van der Waals surface area contributed by atoms with Crippen LogP contribution in [0, 0.1) is 5.82 Å². The van der Waals surface area contributed by atoms with E-state index >= 15 is 0 Å². The largest absolute Gasteiger partial charge is 0.321 e. The fraction of sp³-hybridized carbons (Fsp3) is 0.267. The van der Waals surface area contributed by atoms with Crippen molar-refractivity contribution in [2.75, 3.05) is 4.90 Å². The molecule has 2 heterocycles. The van der Waals surface area contributed by atoms with Crippen LogP contribution in [0.5, 0.6) is 0 Å². The van der Waals surface area contributed by atoms with Crippen molar-refractivity contribution in [3.05, 3.63) is 52.4 Å². The molecule has 0 spiro atoms. The van der Waals surface area contributed by atoms with Gasteiger partial charge in [-0.05, 0) is 53.4 Å². The number of rotatable bonds is 1. The second-order valence-corrected chi connectivity index (χ2v) is 5.76. The van der Waals surface area contributed by atoms with Crippen molar-refractivity contribution in [1.82, 2.24) is 4.98 Å². The van der Waals surface area contributed by atoms with Crippen LogP contribution >= 0.6 is 15.9 Å². The molecule has 0 fully saturated rings. The van der Waals surface area contributed by atoms with Crippen LogP contribution in [0.2, 0.25) is 0 Å². The second kappa shape index (κ2) is 4.93. The first-order chi connectivity index (χ1) is 9.16. The normalized spacial score (nSPS) is 18.3. The van der Waals surface area contributed by atoms with Crippen LogP contribution in [0.1, 0.15) is 18.9 Å². The van der Waals surface area contributed by atoms with Crippen molar-refractivity contribution in [2.24, 2.45) is 0 Å². The smallest absolute Gasteiger partial charge is 0.169 e. The zero-order chi connectivity index (χ0) is 13.4. The molecule has 0 amide bonds. The van der Waals surface area contributed by atoms with E-state index in [-0.39, 0.29) is 11.9 Å². The summed E-state index contributed by atoms with van der Waals surface area (Å²) in [7, 11) is 0. The van der Waals surface area contributed by atoms with Gasteiger partial charge in [0, 0.05) is 22.4 Å². The molecule has 0 bridgehead atoms.